The van der Waals surface area contributed by atoms with Gasteiger partial charge in [-0.15, -0.1) is 13.2 Å². The number of hydrogen-bond acceptors (Lipinski definition) is 5. The van der Waals surface area contributed by atoms with Crippen LogP contribution in [0.1, 0.15) is 26.7 Å². The third-order valence-electron chi connectivity index (χ3n) is 4.99. The first-order valence-corrected chi connectivity index (χ1v) is 10.7. The van der Waals surface area contributed by atoms with Crippen molar-refractivity contribution in [3.05, 3.63) is 42.5 Å². The van der Waals surface area contributed by atoms with Gasteiger partial charge in [-0.1, -0.05) is 38.1 Å². The van der Waals surface area contributed by atoms with E-state index in [1.54, 1.807) is 6.07 Å². The monoisotopic (exact) mass is 495 g/mol. The van der Waals surface area contributed by atoms with Crippen LogP contribution in [0.15, 0.2) is 42.5 Å². The molecule has 2 aromatic rings. The number of ether oxygens (including phenoxy) is 2. The van der Waals surface area contributed by atoms with E-state index in [1.165, 1.54) is 29.2 Å². The summed E-state index contributed by atoms with van der Waals surface area (Å²) in [5.41, 5.74) is 0.943. The molecule has 1 aliphatic heterocycles. The highest BCUT2D eigenvalue weighted by Gasteiger charge is 2.42. The molecular formula is C23H27F6NO4. The minimum atomic E-state index is -4.88. The van der Waals surface area contributed by atoms with Crippen molar-refractivity contribution in [2.24, 2.45) is 0 Å². The summed E-state index contributed by atoms with van der Waals surface area (Å²) in [6.45, 7) is 3.06. The summed E-state index contributed by atoms with van der Waals surface area (Å²) in [6.07, 6.45) is -11.7. The quantitative estimate of drug-likeness (QED) is 0.494. The fourth-order valence-electron chi connectivity index (χ4n) is 3.56. The van der Waals surface area contributed by atoms with Crippen LogP contribution in [-0.2, 0) is 0 Å². The number of rotatable bonds is 7. The summed E-state index contributed by atoms with van der Waals surface area (Å²) >= 11 is 0. The van der Waals surface area contributed by atoms with Crippen LogP contribution in [-0.4, -0.2) is 54.7 Å². The maximum Gasteiger partial charge on any atom is 0.573 e. The van der Waals surface area contributed by atoms with Crippen molar-refractivity contribution < 1.29 is 46.0 Å². The molecule has 0 aliphatic carbocycles. The number of aliphatic hydroxyl groups excluding tert-OH is 2. The molecule has 0 aromatic heterocycles. The highest BCUT2D eigenvalue weighted by atomic mass is 19.4. The predicted octanol–water partition coefficient (Wildman–Crippen LogP) is 5.54. The molecule has 5 nitrogen and oxygen atoms in total. The first-order valence-electron chi connectivity index (χ1n) is 10.7. The van der Waals surface area contributed by atoms with Crippen LogP contribution >= 0.6 is 0 Å². The van der Waals surface area contributed by atoms with Gasteiger partial charge in [0.15, 0.2) is 11.9 Å². The first-order chi connectivity index (χ1) is 16.0. The maximum absolute atomic E-state index is 13.0. The van der Waals surface area contributed by atoms with E-state index in [9.17, 15) is 31.4 Å². The molecule has 2 N–H and O–H groups in total. The van der Waals surface area contributed by atoms with Gasteiger partial charge in [-0.3, -0.25) is 0 Å². The van der Waals surface area contributed by atoms with E-state index in [0.717, 1.165) is 12.1 Å². The standard InChI is InChI=1S/C21H21F6NO4.C2H6/c22-20(23,24)18(30)11-28-14(5-3-9-29)12-31-19-16(7-2-8-17(19)28)13-4-1-6-15(10-13)32-21(25,26)27;1-2/h1-2,4,6-8,10,14,18,29-30H,3,5,9,11-12H2;1-2H3. The molecule has 190 valence electrons. The van der Waals surface area contributed by atoms with Gasteiger partial charge in [0.25, 0.3) is 0 Å². The van der Waals surface area contributed by atoms with Gasteiger partial charge in [-0.05, 0) is 36.6 Å². The van der Waals surface area contributed by atoms with Crippen molar-refractivity contribution in [2.75, 3.05) is 24.7 Å². The Morgan fingerprint density at radius 2 is 1.76 bits per heavy atom. The van der Waals surface area contributed by atoms with Crippen molar-refractivity contribution >= 4 is 5.69 Å². The Morgan fingerprint density at radius 1 is 1.09 bits per heavy atom. The van der Waals surface area contributed by atoms with Gasteiger partial charge in [-0.2, -0.15) is 13.2 Å². The van der Waals surface area contributed by atoms with Crippen LogP contribution < -0.4 is 14.4 Å². The highest BCUT2D eigenvalue weighted by Crippen LogP contribution is 2.44. The van der Waals surface area contributed by atoms with Crippen LogP contribution in [0.25, 0.3) is 11.1 Å². The zero-order valence-corrected chi connectivity index (χ0v) is 18.7. The Morgan fingerprint density at radius 3 is 2.38 bits per heavy atom. The number of anilines is 1. The van der Waals surface area contributed by atoms with Crippen molar-refractivity contribution in [2.45, 2.75) is 51.4 Å². The van der Waals surface area contributed by atoms with Crippen LogP contribution in [0.3, 0.4) is 0 Å². The molecule has 34 heavy (non-hydrogen) atoms. The first kappa shape index (κ1) is 27.6. The van der Waals surface area contributed by atoms with Crippen LogP contribution in [0.2, 0.25) is 0 Å². The molecule has 1 heterocycles. The van der Waals surface area contributed by atoms with Crippen LogP contribution in [0, 0.1) is 0 Å². The second-order valence-electron chi connectivity index (χ2n) is 7.27. The SMILES string of the molecule is CC.OCCCC1COc2c(-c3cccc(OC(F)(F)F)c3)cccc2N1CC(O)C(F)(F)F. The van der Waals surface area contributed by atoms with E-state index < -0.39 is 37.0 Å². The predicted molar refractivity (Wildman–Crippen MR) is 115 cm³/mol. The number of β-amino-alcohol motifs (C(OH)–C–C–N with tert-alkyl or cyclic N) is 1. The lowest BCUT2D eigenvalue weighted by Crippen LogP contribution is -2.50. The van der Waals surface area contributed by atoms with Gasteiger partial charge in [0, 0.05) is 12.2 Å². The zero-order valence-electron chi connectivity index (χ0n) is 18.7. The summed E-state index contributed by atoms with van der Waals surface area (Å²) in [6, 6.07) is 9.24. The van der Waals surface area contributed by atoms with Gasteiger partial charge in [0.1, 0.15) is 12.4 Å². The topological polar surface area (TPSA) is 62.2 Å². The number of hydrogen-bond donors (Lipinski definition) is 2. The lowest BCUT2D eigenvalue weighted by Gasteiger charge is -2.40. The molecule has 0 saturated carbocycles. The molecule has 0 radical (unpaired) electrons. The molecule has 0 fully saturated rings. The molecule has 0 amide bonds. The Bertz CT molecular complexity index is 919. The third-order valence-corrected chi connectivity index (χ3v) is 4.99. The summed E-state index contributed by atoms with van der Waals surface area (Å²) in [5.74, 6) is -0.264. The van der Waals surface area contributed by atoms with Gasteiger partial charge in [0.2, 0.25) is 0 Å². The minimum Gasteiger partial charge on any atom is -0.489 e. The van der Waals surface area contributed by atoms with E-state index in [2.05, 4.69) is 4.74 Å². The second-order valence-corrected chi connectivity index (χ2v) is 7.27. The van der Waals surface area contributed by atoms with Crippen molar-refractivity contribution in [3.63, 3.8) is 0 Å². The van der Waals surface area contributed by atoms with E-state index in [-0.39, 0.29) is 24.7 Å². The average Bonchev–Trinajstić information content (AvgIpc) is 2.77. The van der Waals surface area contributed by atoms with Gasteiger partial charge in [0.05, 0.1) is 18.3 Å². The van der Waals surface area contributed by atoms with E-state index in [1.807, 2.05) is 13.8 Å². The fraction of sp³-hybridized carbons (Fsp3) is 0.478. The number of fused-ring (bicyclic) bond motifs is 1. The van der Waals surface area contributed by atoms with Crippen LogP contribution in [0.5, 0.6) is 11.5 Å². The van der Waals surface area contributed by atoms with Crippen molar-refractivity contribution in [3.8, 4) is 22.6 Å². The molecule has 0 spiro atoms. The molecule has 2 aromatic carbocycles. The normalized spacial score (nSPS) is 16.6. The Labute approximate surface area is 193 Å². The molecular weight excluding hydrogens is 468 g/mol. The smallest absolute Gasteiger partial charge is 0.489 e. The van der Waals surface area contributed by atoms with Crippen molar-refractivity contribution in [1.29, 1.82) is 0 Å². The van der Waals surface area contributed by atoms with Gasteiger partial charge >= 0.3 is 12.5 Å². The molecule has 2 unspecified atom stereocenters. The highest BCUT2D eigenvalue weighted by molar-refractivity contribution is 5.80. The number of para-hydroxylation sites is 1. The summed E-state index contributed by atoms with van der Waals surface area (Å²) < 4.78 is 86.6. The lowest BCUT2D eigenvalue weighted by molar-refractivity contribution is -0.274. The number of benzene rings is 2. The Hall–Kier alpha value is -2.66. The Kier molecular flexibility index (Phi) is 9.45. The lowest BCUT2D eigenvalue weighted by atomic mass is 9.99. The third kappa shape index (κ3) is 7.17. The van der Waals surface area contributed by atoms with Crippen molar-refractivity contribution in [1.82, 2.24) is 0 Å². The van der Waals surface area contributed by atoms with E-state index in [4.69, 9.17) is 9.84 Å². The number of alkyl halides is 6. The number of nitrogens with zero attached hydrogens (tertiary/aromatic N) is 1. The number of halogens is 6. The summed E-state index contributed by atoms with van der Waals surface area (Å²) in [7, 11) is 0. The van der Waals surface area contributed by atoms with Gasteiger partial charge in [-0.25, -0.2) is 0 Å². The second kappa shape index (κ2) is 11.7. The molecule has 3 rings (SSSR count). The fourth-order valence-corrected chi connectivity index (χ4v) is 3.56. The van der Waals surface area contributed by atoms with Crippen LogP contribution in [0.4, 0.5) is 32.0 Å². The molecule has 0 saturated heterocycles. The average molecular weight is 495 g/mol. The Balaban J connectivity index is 0.00000199. The zero-order chi connectivity index (χ0) is 25.5. The summed E-state index contributed by atoms with van der Waals surface area (Å²) in [5, 5.41) is 18.8. The van der Waals surface area contributed by atoms with E-state index >= 15 is 0 Å². The van der Waals surface area contributed by atoms with Gasteiger partial charge < -0.3 is 24.6 Å². The van der Waals surface area contributed by atoms with E-state index in [0.29, 0.717) is 24.0 Å². The molecule has 11 heteroatoms. The minimum absolute atomic E-state index is 0.0205. The number of aliphatic hydroxyl groups is 2. The molecule has 1 aliphatic rings. The molecule has 2 atom stereocenters. The largest absolute Gasteiger partial charge is 0.573 e. The summed E-state index contributed by atoms with van der Waals surface area (Å²) in [4.78, 5) is 1.37. The maximum atomic E-state index is 13.0. The molecule has 0 bridgehead atoms.